The van der Waals surface area contributed by atoms with Crippen molar-refractivity contribution >= 4 is 17.2 Å². The largest absolute Gasteiger partial charge is 0.315 e. The number of rotatable bonds is 1. The molecule has 3 heterocycles. The molecule has 0 atom stereocenters. The van der Waals surface area contributed by atoms with Crippen LogP contribution in [0, 0.1) is 0 Å². The van der Waals surface area contributed by atoms with E-state index in [-0.39, 0.29) is 0 Å². The summed E-state index contributed by atoms with van der Waals surface area (Å²) in [6.45, 7) is 2.08. The molecule has 0 radical (unpaired) electrons. The predicted molar refractivity (Wildman–Crippen MR) is 55.8 cm³/mol. The van der Waals surface area contributed by atoms with E-state index in [0.717, 1.165) is 29.5 Å². The topological polar surface area (TPSA) is 29.3 Å². The summed E-state index contributed by atoms with van der Waals surface area (Å²) < 4.78 is 2.01. The molecule has 1 aliphatic rings. The normalized spacial score (nSPS) is 17.2. The van der Waals surface area contributed by atoms with Crippen molar-refractivity contribution in [3.05, 3.63) is 35.2 Å². The highest BCUT2D eigenvalue weighted by Crippen LogP contribution is 2.20. The Morgan fingerprint density at radius 1 is 1.50 bits per heavy atom. The summed E-state index contributed by atoms with van der Waals surface area (Å²) in [5.74, 6) is 0.577. The van der Waals surface area contributed by atoms with Gasteiger partial charge in [-0.1, -0.05) is 11.6 Å². The molecule has 2 aromatic heterocycles. The maximum absolute atomic E-state index is 5.89. The smallest absolute Gasteiger partial charge is 0.138 e. The first-order valence-electron chi connectivity index (χ1n) is 4.68. The number of hydrogen-bond acceptors (Lipinski definition) is 2. The highest BCUT2D eigenvalue weighted by Gasteiger charge is 2.21. The lowest BCUT2D eigenvalue weighted by Crippen LogP contribution is -2.40. The van der Waals surface area contributed by atoms with Crippen molar-refractivity contribution in [1.82, 2.24) is 14.7 Å². The minimum atomic E-state index is 0.577. The van der Waals surface area contributed by atoms with E-state index in [9.17, 15) is 0 Å². The van der Waals surface area contributed by atoms with Crippen LogP contribution in [-0.4, -0.2) is 22.5 Å². The van der Waals surface area contributed by atoms with Crippen molar-refractivity contribution in [3.8, 4) is 0 Å². The van der Waals surface area contributed by atoms with Crippen molar-refractivity contribution in [3.63, 3.8) is 0 Å². The quantitative estimate of drug-likeness (QED) is 0.771. The molecule has 1 saturated heterocycles. The molecule has 0 aliphatic carbocycles. The Hall–Kier alpha value is -1.06. The Balaban J connectivity index is 2.10. The minimum absolute atomic E-state index is 0.577. The second-order valence-corrected chi connectivity index (χ2v) is 4.07. The Kier molecular flexibility index (Phi) is 1.75. The highest BCUT2D eigenvalue weighted by atomic mass is 35.5. The number of fused-ring (bicyclic) bond motifs is 1. The fourth-order valence-corrected chi connectivity index (χ4v) is 1.83. The van der Waals surface area contributed by atoms with E-state index in [1.54, 1.807) is 0 Å². The third-order valence-corrected chi connectivity index (χ3v) is 2.88. The van der Waals surface area contributed by atoms with Crippen molar-refractivity contribution in [1.29, 1.82) is 0 Å². The molecule has 0 saturated carbocycles. The lowest BCUT2D eigenvalue weighted by molar-refractivity contribution is 0.441. The standard InChI is InChI=1S/C10H10ClN3/c11-8-1-2-14-6-9(7-4-12-5-7)13-10(14)3-8/h1-3,6-7,12H,4-5H2. The zero-order chi connectivity index (χ0) is 9.54. The predicted octanol–water partition coefficient (Wildman–Crippen LogP) is 1.67. The Bertz CT molecular complexity index is 473. The third-order valence-electron chi connectivity index (χ3n) is 2.64. The molecule has 14 heavy (non-hydrogen) atoms. The van der Waals surface area contributed by atoms with Crippen LogP contribution in [0.15, 0.2) is 24.5 Å². The number of hydrogen-bond donors (Lipinski definition) is 1. The van der Waals surface area contributed by atoms with E-state index in [0.29, 0.717) is 5.92 Å². The van der Waals surface area contributed by atoms with Gasteiger partial charge < -0.3 is 9.72 Å². The summed E-state index contributed by atoms with van der Waals surface area (Å²) >= 11 is 5.89. The van der Waals surface area contributed by atoms with Crippen LogP contribution in [0.3, 0.4) is 0 Å². The zero-order valence-electron chi connectivity index (χ0n) is 7.57. The lowest BCUT2D eigenvalue weighted by atomic mass is 10.0. The highest BCUT2D eigenvalue weighted by molar-refractivity contribution is 6.30. The van der Waals surface area contributed by atoms with Crippen molar-refractivity contribution in [2.45, 2.75) is 5.92 Å². The van der Waals surface area contributed by atoms with E-state index in [1.807, 2.05) is 22.7 Å². The number of imidazole rings is 1. The van der Waals surface area contributed by atoms with Crippen LogP contribution in [-0.2, 0) is 0 Å². The van der Waals surface area contributed by atoms with Crippen LogP contribution < -0.4 is 5.32 Å². The molecule has 0 amide bonds. The Morgan fingerprint density at radius 2 is 2.36 bits per heavy atom. The van der Waals surface area contributed by atoms with E-state index >= 15 is 0 Å². The van der Waals surface area contributed by atoms with Gasteiger partial charge in [-0.3, -0.25) is 0 Å². The average molecular weight is 208 g/mol. The van der Waals surface area contributed by atoms with Crippen molar-refractivity contribution < 1.29 is 0 Å². The van der Waals surface area contributed by atoms with Crippen molar-refractivity contribution in [2.24, 2.45) is 0 Å². The monoisotopic (exact) mass is 207 g/mol. The summed E-state index contributed by atoms with van der Waals surface area (Å²) in [5.41, 5.74) is 2.09. The van der Waals surface area contributed by atoms with Crippen LogP contribution in [0.2, 0.25) is 5.02 Å². The van der Waals surface area contributed by atoms with E-state index < -0.39 is 0 Å². The van der Waals surface area contributed by atoms with Crippen LogP contribution >= 0.6 is 11.6 Å². The van der Waals surface area contributed by atoms with Gasteiger partial charge in [0.05, 0.1) is 5.69 Å². The molecule has 0 bridgehead atoms. The first kappa shape index (κ1) is 8.26. The third kappa shape index (κ3) is 1.21. The van der Waals surface area contributed by atoms with E-state index in [4.69, 9.17) is 11.6 Å². The van der Waals surface area contributed by atoms with Crippen LogP contribution in [0.5, 0.6) is 0 Å². The molecular formula is C10H10ClN3. The van der Waals surface area contributed by atoms with Gasteiger partial charge in [0.1, 0.15) is 5.65 Å². The molecule has 0 aromatic carbocycles. The summed E-state index contributed by atoms with van der Waals surface area (Å²) in [4.78, 5) is 4.53. The number of halogens is 1. The molecule has 4 heteroatoms. The number of pyridine rings is 1. The molecule has 3 nitrogen and oxygen atoms in total. The van der Waals surface area contributed by atoms with Gasteiger partial charge in [-0.25, -0.2) is 4.98 Å². The number of aromatic nitrogens is 2. The number of nitrogens with zero attached hydrogens (tertiary/aromatic N) is 2. The summed E-state index contributed by atoms with van der Waals surface area (Å²) in [6.07, 6.45) is 4.03. The van der Waals surface area contributed by atoms with Gasteiger partial charge in [-0.2, -0.15) is 0 Å². The van der Waals surface area contributed by atoms with E-state index in [1.165, 1.54) is 0 Å². The van der Waals surface area contributed by atoms with E-state index in [2.05, 4.69) is 16.5 Å². The summed E-state index contributed by atoms with van der Waals surface area (Å²) in [6, 6.07) is 3.76. The molecule has 0 spiro atoms. The molecule has 2 aromatic rings. The van der Waals surface area contributed by atoms with Gasteiger partial charge in [0.2, 0.25) is 0 Å². The first-order valence-corrected chi connectivity index (χ1v) is 5.05. The maximum Gasteiger partial charge on any atom is 0.138 e. The molecule has 3 rings (SSSR count). The van der Waals surface area contributed by atoms with Gasteiger partial charge in [0, 0.05) is 36.4 Å². The van der Waals surface area contributed by atoms with Gasteiger partial charge in [0.25, 0.3) is 0 Å². The van der Waals surface area contributed by atoms with Gasteiger partial charge in [0.15, 0.2) is 0 Å². The molecule has 72 valence electrons. The van der Waals surface area contributed by atoms with Gasteiger partial charge in [-0.15, -0.1) is 0 Å². The average Bonchev–Trinajstić information content (AvgIpc) is 2.43. The Labute approximate surface area is 86.7 Å². The molecule has 0 unspecified atom stereocenters. The minimum Gasteiger partial charge on any atom is -0.315 e. The first-order chi connectivity index (χ1) is 6.83. The van der Waals surface area contributed by atoms with Crippen molar-refractivity contribution in [2.75, 3.05) is 13.1 Å². The van der Waals surface area contributed by atoms with Crippen LogP contribution in [0.4, 0.5) is 0 Å². The second kappa shape index (κ2) is 2.97. The lowest BCUT2D eigenvalue weighted by Gasteiger charge is -2.24. The number of nitrogens with one attached hydrogen (secondary N) is 1. The van der Waals surface area contributed by atoms with Gasteiger partial charge >= 0.3 is 0 Å². The SMILES string of the molecule is Clc1ccn2cc(C3CNC3)nc2c1. The summed E-state index contributed by atoms with van der Waals surface area (Å²) in [5, 5.41) is 3.98. The Morgan fingerprint density at radius 3 is 3.07 bits per heavy atom. The molecule has 1 N–H and O–H groups in total. The molecular weight excluding hydrogens is 198 g/mol. The second-order valence-electron chi connectivity index (χ2n) is 3.63. The molecule has 1 fully saturated rings. The maximum atomic E-state index is 5.89. The zero-order valence-corrected chi connectivity index (χ0v) is 8.33. The summed E-state index contributed by atoms with van der Waals surface area (Å²) in [7, 11) is 0. The van der Waals surface area contributed by atoms with Crippen LogP contribution in [0.25, 0.3) is 5.65 Å². The van der Waals surface area contributed by atoms with Gasteiger partial charge in [-0.05, 0) is 12.1 Å². The fourth-order valence-electron chi connectivity index (χ4n) is 1.67. The van der Waals surface area contributed by atoms with Crippen LogP contribution in [0.1, 0.15) is 11.6 Å². The molecule has 1 aliphatic heterocycles. The fraction of sp³-hybridized carbons (Fsp3) is 0.300.